The van der Waals surface area contributed by atoms with Gasteiger partial charge in [0, 0.05) is 0 Å². The number of amides is 1. The SMILES string of the molecule is O=C(COC(=O)c1ccc(Oc2ccccc2)cc1)Nc1ccccc1OC(F)F. The lowest BCUT2D eigenvalue weighted by molar-refractivity contribution is -0.119. The number of carbonyl (C=O) groups is 2. The molecule has 0 aliphatic carbocycles. The summed E-state index contributed by atoms with van der Waals surface area (Å²) in [5, 5.41) is 2.36. The maximum atomic E-state index is 12.4. The Morgan fingerprint density at radius 2 is 1.47 bits per heavy atom. The Labute approximate surface area is 171 Å². The van der Waals surface area contributed by atoms with Crippen molar-refractivity contribution >= 4 is 17.6 Å². The van der Waals surface area contributed by atoms with E-state index in [1.54, 1.807) is 30.3 Å². The molecule has 6 nitrogen and oxygen atoms in total. The summed E-state index contributed by atoms with van der Waals surface area (Å²) in [6.45, 7) is -3.63. The van der Waals surface area contributed by atoms with Gasteiger partial charge >= 0.3 is 12.6 Å². The predicted octanol–water partition coefficient (Wildman–Crippen LogP) is 4.88. The quantitative estimate of drug-likeness (QED) is 0.533. The highest BCUT2D eigenvalue weighted by Gasteiger charge is 2.14. The second-order valence-corrected chi connectivity index (χ2v) is 5.94. The molecular weight excluding hydrogens is 396 g/mol. The number of rotatable bonds is 8. The molecule has 30 heavy (non-hydrogen) atoms. The van der Waals surface area contributed by atoms with Crippen molar-refractivity contribution in [2.75, 3.05) is 11.9 Å². The van der Waals surface area contributed by atoms with Gasteiger partial charge in [0.05, 0.1) is 11.3 Å². The molecule has 1 N–H and O–H groups in total. The fourth-order valence-corrected chi connectivity index (χ4v) is 2.45. The highest BCUT2D eigenvalue weighted by molar-refractivity contribution is 5.96. The summed E-state index contributed by atoms with van der Waals surface area (Å²) < 4.78 is 39.8. The lowest BCUT2D eigenvalue weighted by atomic mass is 10.2. The Balaban J connectivity index is 1.52. The largest absolute Gasteiger partial charge is 0.457 e. The summed E-state index contributed by atoms with van der Waals surface area (Å²) in [7, 11) is 0. The van der Waals surface area contributed by atoms with Crippen molar-refractivity contribution in [2.24, 2.45) is 0 Å². The first-order valence-electron chi connectivity index (χ1n) is 8.85. The fourth-order valence-electron chi connectivity index (χ4n) is 2.45. The third-order valence-corrected chi connectivity index (χ3v) is 3.78. The summed E-state index contributed by atoms with van der Waals surface area (Å²) in [4.78, 5) is 24.1. The van der Waals surface area contributed by atoms with Crippen LogP contribution in [0.15, 0.2) is 78.9 Å². The van der Waals surface area contributed by atoms with Gasteiger partial charge in [-0.2, -0.15) is 8.78 Å². The number of para-hydroxylation sites is 3. The first-order valence-corrected chi connectivity index (χ1v) is 8.85. The zero-order chi connectivity index (χ0) is 21.3. The molecule has 0 bridgehead atoms. The lowest BCUT2D eigenvalue weighted by Crippen LogP contribution is -2.21. The van der Waals surface area contributed by atoms with E-state index in [0.717, 1.165) is 0 Å². The molecule has 1 amide bonds. The van der Waals surface area contributed by atoms with E-state index in [0.29, 0.717) is 11.5 Å². The molecule has 3 aromatic rings. The van der Waals surface area contributed by atoms with Crippen LogP contribution in [0.4, 0.5) is 14.5 Å². The first-order chi connectivity index (χ1) is 14.5. The molecule has 0 heterocycles. The van der Waals surface area contributed by atoms with E-state index < -0.39 is 25.1 Å². The molecule has 0 spiro atoms. The van der Waals surface area contributed by atoms with Gasteiger partial charge in [-0.1, -0.05) is 30.3 Å². The summed E-state index contributed by atoms with van der Waals surface area (Å²) >= 11 is 0. The summed E-state index contributed by atoms with van der Waals surface area (Å²) in [6.07, 6.45) is 0. The van der Waals surface area contributed by atoms with Gasteiger partial charge in [-0.15, -0.1) is 0 Å². The molecule has 0 unspecified atom stereocenters. The smallest absolute Gasteiger partial charge is 0.387 e. The molecule has 0 radical (unpaired) electrons. The lowest BCUT2D eigenvalue weighted by Gasteiger charge is -2.12. The standard InChI is InChI=1S/C22H17F2NO5/c23-22(24)30-19-9-5-4-8-18(19)25-20(26)14-28-21(27)15-10-12-17(13-11-15)29-16-6-2-1-3-7-16/h1-13,22H,14H2,(H,25,26). The third kappa shape index (κ3) is 6.03. The number of carbonyl (C=O) groups excluding carboxylic acids is 2. The average molecular weight is 413 g/mol. The molecule has 0 atom stereocenters. The molecule has 0 aromatic heterocycles. The molecule has 0 saturated carbocycles. The van der Waals surface area contributed by atoms with E-state index in [4.69, 9.17) is 9.47 Å². The van der Waals surface area contributed by atoms with E-state index in [1.807, 2.05) is 18.2 Å². The number of esters is 1. The van der Waals surface area contributed by atoms with Crippen molar-refractivity contribution in [1.82, 2.24) is 0 Å². The average Bonchev–Trinajstić information content (AvgIpc) is 2.74. The van der Waals surface area contributed by atoms with Crippen LogP contribution in [0.2, 0.25) is 0 Å². The molecule has 8 heteroatoms. The molecule has 0 aliphatic rings. The minimum Gasteiger partial charge on any atom is -0.457 e. The number of anilines is 1. The van der Waals surface area contributed by atoms with E-state index >= 15 is 0 Å². The summed E-state index contributed by atoms with van der Waals surface area (Å²) in [5.74, 6) is -0.417. The Hall–Kier alpha value is -3.94. The van der Waals surface area contributed by atoms with Gasteiger partial charge in [0.25, 0.3) is 5.91 Å². The summed E-state index contributed by atoms with van der Waals surface area (Å²) in [5.41, 5.74) is 0.269. The van der Waals surface area contributed by atoms with Crippen molar-refractivity contribution < 1.29 is 32.6 Å². The van der Waals surface area contributed by atoms with Gasteiger partial charge in [-0.3, -0.25) is 4.79 Å². The van der Waals surface area contributed by atoms with Crippen LogP contribution in [-0.4, -0.2) is 25.1 Å². The van der Waals surface area contributed by atoms with Crippen LogP contribution >= 0.6 is 0 Å². The van der Waals surface area contributed by atoms with Crippen molar-refractivity contribution in [1.29, 1.82) is 0 Å². The van der Waals surface area contributed by atoms with Gasteiger partial charge < -0.3 is 19.5 Å². The Morgan fingerprint density at radius 3 is 2.17 bits per heavy atom. The molecule has 0 saturated heterocycles. The van der Waals surface area contributed by atoms with E-state index in [2.05, 4.69) is 10.1 Å². The van der Waals surface area contributed by atoms with Crippen LogP contribution in [-0.2, 0) is 9.53 Å². The molecule has 0 aliphatic heterocycles. The monoisotopic (exact) mass is 413 g/mol. The number of hydrogen-bond acceptors (Lipinski definition) is 5. The van der Waals surface area contributed by atoms with Gasteiger partial charge in [-0.25, -0.2) is 4.79 Å². The molecule has 3 rings (SSSR count). The number of alkyl halides is 2. The zero-order valence-electron chi connectivity index (χ0n) is 15.6. The maximum Gasteiger partial charge on any atom is 0.387 e. The molecule has 3 aromatic carbocycles. The van der Waals surface area contributed by atoms with Gasteiger partial charge in [0.2, 0.25) is 0 Å². The fraction of sp³-hybridized carbons (Fsp3) is 0.0909. The minimum atomic E-state index is -3.03. The number of hydrogen-bond donors (Lipinski definition) is 1. The maximum absolute atomic E-state index is 12.4. The highest BCUT2D eigenvalue weighted by atomic mass is 19.3. The van der Waals surface area contributed by atoms with Crippen LogP contribution in [0, 0.1) is 0 Å². The molecular formula is C22H17F2NO5. The zero-order valence-corrected chi connectivity index (χ0v) is 15.6. The van der Waals surface area contributed by atoms with Crippen LogP contribution < -0.4 is 14.8 Å². The topological polar surface area (TPSA) is 73.9 Å². The Bertz CT molecular complexity index is 994. The highest BCUT2D eigenvalue weighted by Crippen LogP contribution is 2.25. The number of benzene rings is 3. The van der Waals surface area contributed by atoms with E-state index in [-0.39, 0.29) is 17.0 Å². The van der Waals surface area contributed by atoms with Crippen molar-refractivity contribution in [3.8, 4) is 17.2 Å². The van der Waals surface area contributed by atoms with Gasteiger partial charge in [0.15, 0.2) is 6.61 Å². The Morgan fingerprint density at radius 1 is 0.833 bits per heavy atom. The van der Waals surface area contributed by atoms with Gasteiger partial charge in [-0.05, 0) is 48.5 Å². The van der Waals surface area contributed by atoms with Crippen LogP contribution in [0.25, 0.3) is 0 Å². The number of halogens is 2. The van der Waals surface area contributed by atoms with Gasteiger partial charge in [0.1, 0.15) is 17.2 Å². The van der Waals surface area contributed by atoms with E-state index in [1.165, 1.54) is 30.3 Å². The normalized spacial score (nSPS) is 10.4. The second kappa shape index (κ2) is 10.0. The van der Waals surface area contributed by atoms with Crippen molar-refractivity contribution in [2.45, 2.75) is 6.61 Å². The number of nitrogens with one attached hydrogen (secondary N) is 1. The second-order valence-electron chi connectivity index (χ2n) is 5.94. The number of ether oxygens (including phenoxy) is 3. The molecule has 0 fully saturated rings. The summed E-state index contributed by atoms with van der Waals surface area (Å²) in [6, 6.07) is 21.0. The predicted molar refractivity (Wildman–Crippen MR) is 105 cm³/mol. The van der Waals surface area contributed by atoms with Crippen LogP contribution in [0.3, 0.4) is 0 Å². The molecule has 154 valence electrons. The third-order valence-electron chi connectivity index (χ3n) is 3.78. The van der Waals surface area contributed by atoms with Crippen molar-refractivity contribution in [3.63, 3.8) is 0 Å². The van der Waals surface area contributed by atoms with Crippen LogP contribution in [0.5, 0.6) is 17.2 Å². The Kier molecular flexibility index (Phi) is 6.94. The van der Waals surface area contributed by atoms with Crippen molar-refractivity contribution in [3.05, 3.63) is 84.4 Å². The van der Waals surface area contributed by atoms with Crippen LogP contribution in [0.1, 0.15) is 10.4 Å². The minimum absolute atomic E-state index is 0.0428. The van der Waals surface area contributed by atoms with E-state index in [9.17, 15) is 18.4 Å². The first kappa shape index (κ1) is 20.8.